The largest absolute Gasteiger partial charge is 0.481 e. The second kappa shape index (κ2) is 5.79. The lowest BCUT2D eigenvalue weighted by molar-refractivity contribution is -0.148. The summed E-state index contributed by atoms with van der Waals surface area (Å²) >= 11 is 2.30. The predicted octanol–water partition coefficient (Wildman–Crippen LogP) is 3.54. The molecule has 1 heterocycles. The van der Waals surface area contributed by atoms with E-state index in [0.717, 1.165) is 13.0 Å². The summed E-state index contributed by atoms with van der Waals surface area (Å²) in [6.07, 6.45) is 1.46. The lowest BCUT2D eigenvalue weighted by Gasteiger charge is -2.27. The molecule has 3 nitrogen and oxygen atoms in total. The van der Waals surface area contributed by atoms with Gasteiger partial charge in [0.1, 0.15) is 0 Å². The summed E-state index contributed by atoms with van der Waals surface area (Å²) in [4.78, 5) is 13.8. The summed E-state index contributed by atoms with van der Waals surface area (Å²) in [5.74, 6) is -0.646. The van der Waals surface area contributed by atoms with Crippen molar-refractivity contribution in [2.24, 2.45) is 5.41 Å². The summed E-state index contributed by atoms with van der Waals surface area (Å²) in [5.41, 5.74) is 0.718. The van der Waals surface area contributed by atoms with E-state index in [2.05, 4.69) is 58.7 Å². The molecule has 2 unspecified atom stereocenters. The predicted molar refractivity (Wildman–Crippen MR) is 84.1 cm³/mol. The van der Waals surface area contributed by atoms with Gasteiger partial charge in [0.25, 0.3) is 0 Å². The van der Waals surface area contributed by atoms with E-state index in [1.165, 1.54) is 9.13 Å². The Kier molecular flexibility index (Phi) is 4.50. The van der Waals surface area contributed by atoms with Crippen molar-refractivity contribution in [3.05, 3.63) is 33.4 Å². The van der Waals surface area contributed by atoms with Gasteiger partial charge in [-0.3, -0.25) is 9.69 Å². The van der Waals surface area contributed by atoms with Crippen LogP contribution in [0.1, 0.15) is 38.3 Å². The van der Waals surface area contributed by atoms with Crippen LogP contribution in [-0.2, 0) is 4.79 Å². The monoisotopic (exact) mass is 373 g/mol. The maximum Gasteiger partial charge on any atom is 0.310 e. The third-order valence-electron chi connectivity index (χ3n) is 4.41. The zero-order valence-electron chi connectivity index (χ0n) is 11.4. The number of carboxylic acids is 1. The number of hydrogen-bond donors (Lipinski definition) is 1. The molecule has 0 amide bonds. The van der Waals surface area contributed by atoms with Crippen LogP contribution >= 0.6 is 22.6 Å². The molecule has 104 valence electrons. The fraction of sp³-hybridized carbons (Fsp3) is 0.533. The molecule has 1 aromatic carbocycles. The van der Waals surface area contributed by atoms with Crippen LogP contribution in [0.25, 0.3) is 0 Å². The molecule has 2 atom stereocenters. The van der Waals surface area contributed by atoms with Crippen molar-refractivity contribution in [2.45, 2.75) is 32.7 Å². The maximum absolute atomic E-state index is 11.5. The van der Waals surface area contributed by atoms with Crippen LogP contribution in [0.2, 0.25) is 0 Å². The Bertz CT molecular complexity index is 460. The average Bonchev–Trinajstić information content (AvgIpc) is 2.84. The first-order valence-corrected chi connectivity index (χ1v) is 7.79. The number of carboxylic acid groups (broad SMARTS) is 1. The molecular formula is C15H20INO2. The van der Waals surface area contributed by atoms with Gasteiger partial charge < -0.3 is 5.11 Å². The Hall–Kier alpha value is -0.620. The molecule has 0 bridgehead atoms. The SMILES string of the molecule is CCC1(C(=O)O)CCN(C(C)c2ccc(I)cc2)C1. The minimum atomic E-state index is -0.646. The Morgan fingerprint density at radius 3 is 2.58 bits per heavy atom. The van der Waals surface area contributed by atoms with Crippen LogP contribution in [-0.4, -0.2) is 29.1 Å². The number of nitrogens with zero attached hydrogens (tertiary/aromatic N) is 1. The first-order valence-electron chi connectivity index (χ1n) is 6.71. The average molecular weight is 373 g/mol. The van der Waals surface area contributed by atoms with E-state index in [0.29, 0.717) is 13.0 Å². The molecule has 0 aliphatic carbocycles. The fourth-order valence-electron chi connectivity index (χ4n) is 2.80. The van der Waals surface area contributed by atoms with Crippen LogP contribution < -0.4 is 0 Å². The van der Waals surface area contributed by atoms with Gasteiger partial charge in [-0.15, -0.1) is 0 Å². The number of aliphatic carboxylic acids is 1. The molecule has 1 aliphatic heterocycles. The number of carbonyl (C=O) groups is 1. The van der Waals surface area contributed by atoms with E-state index in [4.69, 9.17) is 0 Å². The maximum atomic E-state index is 11.5. The molecule has 0 radical (unpaired) electrons. The number of hydrogen-bond acceptors (Lipinski definition) is 2. The van der Waals surface area contributed by atoms with Gasteiger partial charge in [-0.1, -0.05) is 19.1 Å². The molecule has 1 fully saturated rings. The van der Waals surface area contributed by atoms with E-state index in [1.54, 1.807) is 0 Å². The van der Waals surface area contributed by atoms with Crippen molar-refractivity contribution in [3.63, 3.8) is 0 Å². The second-order valence-electron chi connectivity index (χ2n) is 5.39. The zero-order chi connectivity index (χ0) is 14.0. The van der Waals surface area contributed by atoms with Crippen LogP contribution in [0, 0.1) is 8.99 Å². The molecule has 1 aromatic rings. The molecule has 4 heteroatoms. The van der Waals surface area contributed by atoms with Crippen molar-refractivity contribution >= 4 is 28.6 Å². The van der Waals surface area contributed by atoms with Crippen LogP contribution in [0.3, 0.4) is 0 Å². The fourth-order valence-corrected chi connectivity index (χ4v) is 3.16. The van der Waals surface area contributed by atoms with E-state index in [1.807, 2.05) is 6.92 Å². The Balaban J connectivity index is 2.12. The molecule has 19 heavy (non-hydrogen) atoms. The summed E-state index contributed by atoms with van der Waals surface area (Å²) in [7, 11) is 0. The summed E-state index contributed by atoms with van der Waals surface area (Å²) in [6.45, 7) is 5.67. The summed E-state index contributed by atoms with van der Waals surface area (Å²) < 4.78 is 1.23. The van der Waals surface area contributed by atoms with Crippen LogP contribution in [0.5, 0.6) is 0 Å². The Morgan fingerprint density at radius 2 is 2.11 bits per heavy atom. The van der Waals surface area contributed by atoms with E-state index < -0.39 is 11.4 Å². The molecule has 0 spiro atoms. The standard InChI is InChI=1S/C15H20INO2/c1-3-15(14(18)19)8-9-17(10-15)11(2)12-4-6-13(16)7-5-12/h4-7,11H,3,8-10H2,1-2H3,(H,18,19). The highest BCUT2D eigenvalue weighted by atomic mass is 127. The minimum Gasteiger partial charge on any atom is -0.481 e. The van der Waals surface area contributed by atoms with E-state index >= 15 is 0 Å². The van der Waals surface area contributed by atoms with Gasteiger partial charge in [0.15, 0.2) is 0 Å². The highest BCUT2D eigenvalue weighted by Gasteiger charge is 2.44. The van der Waals surface area contributed by atoms with E-state index in [-0.39, 0.29) is 6.04 Å². The van der Waals surface area contributed by atoms with Gasteiger partial charge in [0.2, 0.25) is 0 Å². The molecule has 2 rings (SSSR count). The van der Waals surface area contributed by atoms with Crippen LogP contribution in [0.4, 0.5) is 0 Å². The third kappa shape index (κ3) is 2.94. The third-order valence-corrected chi connectivity index (χ3v) is 5.13. The second-order valence-corrected chi connectivity index (χ2v) is 6.63. The van der Waals surface area contributed by atoms with Gasteiger partial charge in [-0.05, 0) is 66.6 Å². The smallest absolute Gasteiger partial charge is 0.310 e. The lowest BCUT2D eigenvalue weighted by atomic mass is 9.84. The summed E-state index contributed by atoms with van der Waals surface area (Å²) in [5, 5.41) is 9.44. The molecule has 0 saturated carbocycles. The van der Waals surface area contributed by atoms with Gasteiger partial charge in [-0.2, -0.15) is 0 Å². The van der Waals surface area contributed by atoms with Crippen molar-refractivity contribution < 1.29 is 9.90 Å². The quantitative estimate of drug-likeness (QED) is 0.821. The van der Waals surface area contributed by atoms with Gasteiger partial charge in [-0.25, -0.2) is 0 Å². The molecule has 1 N–H and O–H groups in total. The van der Waals surface area contributed by atoms with Gasteiger partial charge in [0, 0.05) is 16.2 Å². The number of benzene rings is 1. The highest BCUT2D eigenvalue weighted by molar-refractivity contribution is 14.1. The normalized spacial score (nSPS) is 25.4. The first kappa shape index (κ1) is 14.8. The van der Waals surface area contributed by atoms with Gasteiger partial charge in [0.05, 0.1) is 5.41 Å². The summed E-state index contributed by atoms with van der Waals surface area (Å²) in [6, 6.07) is 8.77. The lowest BCUT2D eigenvalue weighted by Crippen LogP contribution is -2.35. The Morgan fingerprint density at radius 1 is 1.47 bits per heavy atom. The molecule has 0 aromatic heterocycles. The van der Waals surface area contributed by atoms with Crippen LogP contribution in [0.15, 0.2) is 24.3 Å². The van der Waals surface area contributed by atoms with Crippen molar-refractivity contribution in [3.8, 4) is 0 Å². The van der Waals surface area contributed by atoms with Gasteiger partial charge >= 0.3 is 5.97 Å². The first-order chi connectivity index (χ1) is 8.98. The molecule has 1 aliphatic rings. The topological polar surface area (TPSA) is 40.5 Å². The van der Waals surface area contributed by atoms with Crippen molar-refractivity contribution in [1.82, 2.24) is 4.90 Å². The number of rotatable bonds is 4. The van der Waals surface area contributed by atoms with Crippen molar-refractivity contribution in [1.29, 1.82) is 0 Å². The number of likely N-dealkylation sites (tertiary alicyclic amines) is 1. The van der Waals surface area contributed by atoms with Crippen molar-refractivity contribution in [2.75, 3.05) is 13.1 Å². The van der Waals surface area contributed by atoms with E-state index in [9.17, 15) is 9.90 Å². The minimum absolute atomic E-state index is 0.282. The highest BCUT2D eigenvalue weighted by Crippen LogP contribution is 2.38. The molecular weight excluding hydrogens is 353 g/mol. The molecule has 1 saturated heterocycles. The zero-order valence-corrected chi connectivity index (χ0v) is 13.6. The number of halogens is 1. The Labute approximate surface area is 128 Å².